The predicted octanol–water partition coefficient (Wildman–Crippen LogP) is 4.79. The Morgan fingerprint density at radius 3 is 1.36 bits per heavy atom. The smallest absolute Gasteiger partial charge is 0.0348 e. The minimum Gasteiger partial charge on any atom is -0.0845 e. The Morgan fingerprint density at radius 2 is 0.857 bits per heavy atom. The molecule has 0 saturated heterocycles. The van der Waals surface area contributed by atoms with Gasteiger partial charge in [0.25, 0.3) is 0 Å². The van der Waals surface area contributed by atoms with Gasteiger partial charge in [-0.1, -0.05) is 62.1 Å². The monoisotopic (exact) mass is 190 g/mol. The van der Waals surface area contributed by atoms with Crippen molar-refractivity contribution < 1.29 is 0 Å². The van der Waals surface area contributed by atoms with Crippen molar-refractivity contribution in [3.8, 4) is 0 Å². The Bertz CT molecular complexity index is 174. The molecule has 0 saturated carbocycles. The van der Waals surface area contributed by atoms with E-state index in [0.717, 1.165) is 0 Å². The van der Waals surface area contributed by atoms with Crippen molar-refractivity contribution >= 4 is 0 Å². The van der Waals surface area contributed by atoms with Crippen molar-refractivity contribution in [1.82, 2.24) is 0 Å². The van der Waals surface area contributed by atoms with Crippen LogP contribution >= 0.6 is 0 Å². The van der Waals surface area contributed by atoms with Gasteiger partial charge in [-0.2, -0.15) is 0 Å². The second-order valence-electron chi connectivity index (χ2n) is 3.94. The van der Waals surface area contributed by atoms with Gasteiger partial charge in [-0.3, -0.25) is 0 Å². The van der Waals surface area contributed by atoms with E-state index in [2.05, 4.69) is 36.5 Å². The van der Waals surface area contributed by atoms with Gasteiger partial charge in [0.05, 0.1) is 0 Å². The Labute approximate surface area is 88.4 Å². The summed E-state index contributed by atoms with van der Waals surface area (Å²) in [6.07, 6.45) is 24.0. The Kier molecular flexibility index (Phi) is 7.10. The Morgan fingerprint density at radius 1 is 0.429 bits per heavy atom. The highest BCUT2D eigenvalue weighted by Gasteiger charge is 1.89. The van der Waals surface area contributed by atoms with Gasteiger partial charge in [-0.05, 0) is 25.7 Å². The van der Waals surface area contributed by atoms with Gasteiger partial charge >= 0.3 is 0 Å². The van der Waals surface area contributed by atoms with Crippen molar-refractivity contribution in [2.75, 3.05) is 0 Å². The normalized spacial score (nSPS) is 27.4. The lowest BCUT2D eigenvalue weighted by Gasteiger charge is -1.99. The first-order chi connectivity index (χ1) is 7.00. The van der Waals surface area contributed by atoms with Gasteiger partial charge in [-0.25, -0.2) is 0 Å². The molecule has 1 aliphatic rings. The van der Waals surface area contributed by atoms with Crippen LogP contribution in [0.4, 0.5) is 0 Å². The lowest BCUT2D eigenvalue weighted by Crippen LogP contribution is -1.79. The third-order valence-corrected chi connectivity index (χ3v) is 2.60. The van der Waals surface area contributed by atoms with Gasteiger partial charge in [0.15, 0.2) is 0 Å². The third kappa shape index (κ3) is 6.71. The summed E-state index contributed by atoms with van der Waals surface area (Å²) < 4.78 is 0. The van der Waals surface area contributed by atoms with Crippen molar-refractivity contribution in [2.24, 2.45) is 0 Å². The SMILES string of the molecule is C1=C\C=C\CCCCCCCC/C=C/1. The molecule has 0 aromatic rings. The molecule has 0 aromatic heterocycles. The van der Waals surface area contributed by atoms with E-state index in [-0.39, 0.29) is 0 Å². The van der Waals surface area contributed by atoms with E-state index in [0.29, 0.717) is 0 Å². The van der Waals surface area contributed by atoms with Crippen molar-refractivity contribution in [1.29, 1.82) is 0 Å². The fraction of sp³-hybridized carbons (Fsp3) is 0.571. The van der Waals surface area contributed by atoms with E-state index in [9.17, 15) is 0 Å². The summed E-state index contributed by atoms with van der Waals surface area (Å²) in [6.45, 7) is 0. The van der Waals surface area contributed by atoms with Gasteiger partial charge in [0, 0.05) is 0 Å². The zero-order chi connectivity index (χ0) is 9.90. The van der Waals surface area contributed by atoms with Crippen LogP contribution in [0.25, 0.3) is 0 Å². The first-order valence-electron chi connectivity index (χ1n) is 5.98. The minimum absolute atomic E-state index is 1.24. The molecule has 0 N–H and O–H groups in total. The standard InChI is InChI=1S/C14H22/c1-2-4-6-8-10-12-14-13-11-9-7-5-3-1/h1-6H,7-14H2/b2-1-,5-3+,6-4+. The summed E-state index contributed by atoms with van der Waals surface area (Å²) in [4.78, 5) is 0. The summed E-state index contributed by atoms with van der Waals surface area (Å²) in [5, 5.41) is 0. The zero-order valence-corrected chi connectivity index (χ0v) is 9.12. The molecule has 0 atom stereocenters. The number of allylic oxidation sites excluding steroid dienone is 6. The molecule has 0 nitrogen and oxygen atoms in total. The zero-order valence-electron chi connectivity index (χ0n) is 9.12. The second kappa shape index (κ2) is 8.80. The molecule has 0 heterocycles. The lowest BCUT2D eigenvalue weighted by molar-refractivity contribution is 0.600. The molecule has 0 amide bonds. The summed E-state index contributed by atoms with van der Waals surface area (Å²) >= 11 is 0. The number of hydrogen-bond donors (Lipinski definition) is 0. The van der Waals surface area contributed by atoms with Gasteiger partial charge < -0.3 is 0 Å². The number of hydrogen-bond acceptors (Lipinski definition) is 0. The highest BCUT2D eigenvalue weighted by Crippen LogP contribution is 2.09. The van der Waals surface area contributed by atoms with Crippen LogP contribution in [0.15, 0.2) is 36.5 Å². The van der Waals surface area contributed by atoms with E-state index in [1.54, 1.807) is 0 Å². The van der Waals surface area contributed by atoms with Crippen LogP contribution in [-0.4, -0.2) is 0 Å². The summed E-state index contributed by atoms with van der Waals surface area (Å²) in [6, 6.07) is 0. The molecule has 0 fully saturated rings. The molecule has 0 spiro atoms. The molecule has 78 valence electrons. The summed E-state index contributed by atoms with van der Waals surface area (Å²) in [7, 11) is 0. The molecule has 0 unspecified atom stereocenters. The predicted molar refractivity (Wildman–Crippen MR) is 64.4 cm³/mol. The van der Waals surface area contributed by atoms with Gasteiger partial charge in [0.2, 0.25) is 0 Å². The van der Waals surface area contributed by atoms with E-state index in [1.807, 2.05) is 0 Å². The number of rotatable bonds is 0. The largest absolute Gasteiger partial charge is 0.0845 e. The first-order valence-corrected chi connectivity index (χ1v) is 5.98. The van der Waals surface area contributed by atoms with Gasteiger partial charge in [0.1, 0.15) is 0 Å². The second-order valence-corrected chi connectivity index (χ2v) is 3.94. The molecule has 14 heavy (non-hydrogen) atoms. The maximum Gasteiger partial charge on any atom is -0.0348 e. The van der Waals surface area contributed by atoms with Crippen LogP contribution in [-0.2, 0) is 0 Å². The average molecular weight is 190 g/mol. The highest BCUT2D eigenvalue weighted by atomic mass is 14.0. The molecule has 0 aromatic carbocycles. The Hall–Kier alpha value is -0.780. The molecular weight excluding hydrogens is 168 g/mol. The first kappa shape index (κ1) is 11.3. The molecular formula is C14H22. The summed E-state index contributed by atoms with van der Waals surface area (Å²) in [5.41, 5.74) is 0. The van der Waals surface area contributed by atoms with Crippen molar-refractivity contribution in [3.05, 3.63) is 36.5 Å². The van der Waals surface area contributed by atoms with E-state index >= 15 is 0 Å². The highest BCUT2D eigenvalue weighted by molar-refractivity contribution is 5.10. The van der Waals surface area contributed by atoms with Crippen LogP contribution in [0.1, 0.15) is 51.4 Å². The van der Waals surface area contributed by atoms with Crippen molar-refractivity contribution in [2.45, 2.75) is 51.4 Å². The summed E-state index contributed by atoms with van der Waals surface area (Å²) in [5.74, 6) is 0. The maximum absolute atomic E-state index is 2.27. The molecule has 1 aliphatic carbocycles. The lowest BCUT2D eigenvalue weighted by atomic mass is 10.1. The fourth-order valence-electron chi connectivity index (χ4n) is 1.71. The molecule has 0 aliphatic heterocycles. The van der Waals surface area contributed by atoms with Crippen molar-refractivity contribution in [3.63, 3.8) is 0 Å². The molecule has 0 bridgehead atoms. The molecule has 0 heteroatoms. The fourth-order valence-corrected chi connectivity index (χ4v) is 1.71. The minimum atomic E-state index is 1.24. The van der Waals surface area contributed by atoms with Gasteiger partial charge in [-0.15, -0.1) is 0 Å². The third-order valence-electron chi connectivity index (χ3n) is 2.60. The topological polar surface area (TPSA) is 0 Å². The average Bonchev–Trinajstić information content (AvgIpc) is 2.22. The van der Waals surface area contributed by atoms with E-state index < -0.39 is 0 Å². The van der Waals surface area contributed by atoms with Crippen LogP contribution in [0.2, 0.25) is 0 Å². The Balaban J connectivity index is 2.27. The van der Waals surface area contributed by atoms with Crippen LogP contribution in [0, 0.1) is 0 Å². The maximum atomic E-state index is 2.27. The van der Waals surface area contributed by atoms with E-state index in [1.165, 1.54) is 51.4 Å². The molecule has 0 radical (unpaired) electrons. The van der Waals surface area contributed by atoms with Crippen LogP contribution < -0.4 is 0 Å². The van der Waals surface area contributed by atoms with Crippen LogP contribution in [0.3, 0.4) is 0 Å². The van der Waals surface area contributed by atoms with Crippen LogP contribution in [0.5, 0.6) is 0 Å². The quantitative estimate of drug-likeness (QED) is 0.515. The van der Waals surface area contributed by atoms with E-state index in [4.69, 9.17) is 0 Å². The molecule has 1 rings (SSSR count).